The average molecular weight is 174 g/mol. The Hall–Kier alpha value is -1.64. The molecule has 0 aliphatic carbocycles. The Morgan fingerprint density at radius 1 is 1.38 bits per heavy atom. The third-order valence-corrected chi connectivity index (χ3v) is 2.01. The minimum absolute atomic E-state index is 0.625. The van der Waals surface area contributed by atoms with Crippen molar-refractivity contribution in [2.24, 2.45) is 0 Å². The van der Waals surface area contributed by atoms with E-state index in [1.807, 2.05) is 25.1 Å². The first-order valence-corrected chi connectivity index (χ1v) is 4.29. The summed E-state index contributed by atoms with van der Waals surface area (Å²) in [6.07, 6.45) is 2.31. The quantitative estimate of drug-likeness (QED) is 0.484. The van der Waals surface area contributed by atoms with Gasteiger partial charge in [0.2, 0.25) is 11.7 Å². The summed E-state index contributed by atoms with van der Waals surface area (Å²) in [5.41, 5.74) is 2.21. The molecule has 0 atom stereocenters. The zero-order chi connectivity index (χ0) is 9.26. The van der Waals surface area contributed by atoms with Gasteiger partial charge in [0, 0.05) is 6.07 Å². The van der Waals surface area contributed by atoms with E-state index in [1.165, 1.54) is 6.20 Å². The number of aromatic nitrogens is 2. The molecule has 0 amide bonds. The van der Waals surface area contributed by atoms with E-state index in [4.69, 9.17) is 0 Å². The molecule has 1 heterocycles. The van der Waals surface area contributed by atoms with E-state index in [2.05, 4.69) is 4.98 Å². The van der Waals surface area contributed by atoms with E-state index >= 15 is 0 Å². The Morgan fingerprint density at radius 3 is 2.92 bits per heavy atom. The van der Waals surface area contributed by atoms with E-state index in [0.717, 1.165) is 22.4 Å². The summed E-state index contributed by atoms with van der Waals surface area (Å²) in [7, 11) is 0. The van der Waals surface area contributed by atoms with Gasteiger partial charge in [-0.3, -0.25) is 0 Å². The largest absolute Gasteiger partial charge is 0.618 e. The summed E-state index contributed by atoms with van der Waals surface area (Å²) in [5.74, 6) is 0. The van der Waals surface area contributed by atoms with Gasteiger partial charge in [-0.2, -0.15) is 4.73 Å². The standard InChI is InChI=1S/C10H10N2O/c1-2-8-7-12(13)10-6-4-3-5-9(10)11-8/h3-7H,2H2,1H3. The molecular weight excluding hydrogens is 164 g/mol. The molecule has 3 nitrogen and oxygen atoms in total. The number of para-hydroxylation sites is 2. The number of fused-ring (bicyclic) bond motifs is 1. The van der Waals surface area contributed by atoms with Crippen LogP contribution in [0.3, 0.4) is 0 Å². The highest BCUT2D eigenvalue weighted by Gasteiger charge is 2.05. The van der Waals surface area contributed by atoms with E-state index in [9.17, 15) is 5.21 Å². The van der Waals surface area contributed by atoms with Crippen molar-refractivity contribution in [2.75, 3.05) is 0 Å². The maximum Gasteiger partial charge on any atom is 0.242 e. The molecule has 0 aliphatic rings. The Labute approximate surface area is 76.2 Å². The van der Waals surface area contributed by atoms with Crippen molar-refractivity contribution in [1.29, 1.82) is 0 Å². The number of nitrogens with zero attached hydrogens (tertiary/aromatic N) is 2. The first-order chi connectivity index (χ1) is 6.31. The highest BCUT2D eigenvalue weighted by molar-refractivity contribution is 5.70. The van der Waals surface area contributed by atoms with Crippen molar-refractivity contribution in [3.8, 4) is 0 Å². The molecule has 0 aliphatic heterocycles. The molecule has 0 bridgehead atoms. The number of hydrogen-bond acceptors (Lipinski definition) is 2. The van der Waals surface area contributed by atoms with E-state index in [0.29, 0.717) is 5.52 Å². The van der Waals surface area contributed by atoms with E-state index in [1.54, 1.807) is 6.07 Å². The Kier molecular flexibility index (Phi) is 1.85. The molecule has 13 heavy (non-hydrogen) atoms. The first kappa shape index (κ1) is 7.98. The second-order valence-corrected chi connectivity index (χ2v) is 2.90. The van der Waals surface area contributed by atoms with Crippen LogP contribution >= 0.6 is 0 Å². The van der Waals surface area contributed by atoms with Crippen LogP contribution in [0.2, 0.25) is 0 Å². The van der Waals surface area contributed by atoms with Gasteiger partial charge < -0.3 is 5.21 Å². The SMILES string of the molecule is CCc1c[n+]([O-])c2ccccc2n1. The lowest BCUT2D eigenvalue weighted by Crippen LogP contribution is -2.27. The maximum absolute atomic E-state index is 11.4. The summed E-state index contributed by atoms with van der Waals surface area (Å²) in [4.78, 5) is 4.33. The van der Waals surface area contributed by atoms with Gasteiger partial charge in [-0.05, 0) is 12.5 Å². The molecule has 1 aromatic heterocycles. The molecule has 0 unspecified atom stereocenters. The average Bonchev–Trinajstić information content (AvgIpc) is 2.18. The Balaban J connectivity index is 2.77. The van der Waals surface area contributed by atoms with E-state index in [-0.39, 0.29) is 0 Å². The van der Waals surface area contributed by atoms with Crippen LogP contribution in [0.25, 0.3) is 11.0 Å². The van der Waals surface area contributed by atoms with Gasteiger partial charge in [0.05, 0.1) is 0 Å². The third kappa shape index (κ3) is 1.33. The molecule has 2 aromatic rings. The predicted octanol–water partition coefficient (Wildman–Crippen LogP) is 1.43. The smallest absolute Gasteiger partial charge is 0.242 e. The van der Waals surface area contributed by atoms with Crippen LogP contribution in [0.4, 0.5) is 0 Å². The van der Waals surface area contributed by atoms with Gasteiger partial charge in [-0.1, -0.05) is 19.1 Å². The van der Waals surface area contributed by atoms with Crippen molar-refractivity contribution in [3.63, 3.8) is 0 Å². The normalized spacial score (nSPS) is 10.5. The van der Waals surface area contributed by atoms with Crippen LogP contribution in [-0.4, -0.2) is 4.98 Å². The van der Waals surface area contributed by atoms with Crippen molar-refractivity contribution in [1.82, 2.24) is 4.98 Å². The number of rotatable bonds is 1. The summed E-state index contributed by atoms with van der Waals surface area (Å²) in [6, 6.07) is 7.34. The minimum Gasteiger partial charge on any atom is -0.618 e. The van der Waals surface area contributed by atoms with Crippen LogP contribution in [-0.2, 0) is 6.42 Å². The molecule has 0 fully saturated rings. The molecule has 0 spiro atoms. The lowest BCUT2D eigenvalue weighted by molar-refractivity contribution is -0.577. The van der Waals surface area contributed by atoms with Crippen LogP contribution in [0.5, 0.6) is 0 Å². The molecule has 0 N–H and O–H groups in total. The summed E-state index contributed by atoms with van der Waals surface area (Å²) in [5, 5.41) is 11.4. The van der Waals surface area contributed by atoms with Crippen LogP contribution in [0.1, 0.15) is 12.6 Å². The maximum atomic E-state index is 11.4. The second-order valence-electron chi connectivity index (χ2n) is 2.90. The molecule has 66 valence electrons. The van der Waals surface area contributed by atoms with Gasteiger partial charge in [0.25, 0.3) is 0 Å². The van der Waals surface area contributed by atoms with Gasteiger partial charge in [-0.25, -0.2) is 4.98 Å². The van der Waals surface area contributed by atoms with Crippen molar-refractivity contribution >= 4 is 11.0 Å². The summed E-state index contributed by atoms with van der Waals surface area (Å²) < 4.78 is 0.876. The van der Waals surface area contributed by atoms with Crippen molar-refractivity contribution in [3.05, 3.63) is 41.4 Å². The van der Waals surface area contributed by atoms with Crippen molar-refractivity contribution in [2.45, 2.75) is 13.3 Å². The highest BCUT2D eigenvalue weighted by Crippen LogP contribution is 2.06. The first-order valence-electron chi connectivity index (χ1n) is 4.29. The molecule has 0 saturated carbocycles. The van der Waals surface area contributed by atoms with Crippen molar-refractivity contribution < 1.29 is 4.73 Å². The summed E-state index contributed by atoms with van der Waals surface area (Å²) >= 11 is 0. The monoisotopic (exact) mass is 174 g/mol. The lowest BCUT2D eigenvalue weighted by Gasteiger charge is -2.02. The second kappa shape index (κ2) is 3.01. The van der Waals surface area contributed by atoms with Crippen LogP contribution in [0, 0.1) is 5.21 Å². The van der Waals surface area contributed by atoms with Gasteiger partial charge in [0.1, 0.15) is 11.2 Å². The zero-order valence-corrected chi connectivity index (χ0v) is 7.40. The number of benzene rings is 1. The molecule has 3 heteroatoms. The minimum atomic E-state index is 0.625. The third-order valence-electron chi connectivity index (χ3n) is 2.01. The topological polar surface area (TPSA) is 39.8 Å². The molecule has 1 aromatic carbocycles. The van der Waals surface area contributed by atoms with Gasteiger partial charge in [0.15, 0.2) is 0 Å². The fourth-order valence-corrected chi connectivity index (χ4v) is 1.30. The highest BCUT2D eigenvalue weighted by atomic mass is 16.5. The number of hydrogen-bond donors (Lipinski definition) is 0. The predicted molar refractivity (Wildman–Crippen MR) is 50.1 cm³/mol. The Morgan fingerprint density at radius 2 is 2.15 bits per heavy atom. The van der Waals surface area contributed by atoms with Crippen LogP contribution < -0.4 is 4.73 Å². The van der Waals surface area contributed by atoms with Gasteiger partial charge in [-0.15, -0.1) is 0 Å². The molecule has 0 saturated heterocycles. The fourth-order valence-electron chi connectivity index (χ4n) is 1.30. The fraction of sp³-hybridized carbons (Fsp3) is 0.200. The van der Waals surface area contributed by atoms with Crippen LogP contribution in [0.15, 0.2) is 30.5 Å². The van der Waals surface area contributed by atoms with Gasteiger partial charge >= 0.3 is 0 Å². The Bertz CT molecular complexity index is 440. The molecule has 2 rings (SSSR count). The molecular formula is C10H10N2O. The van der Waals surface area contributed by atoms with E-state index < -0.39 is 0 Å². The molecule has 0 radical (unpaired) electrons. The lowest BCUT2D eigenvalue weighted by atomic mass is 10.3. The number of aryl methyl sites for hydroxylation is 1. The summed E-state index contributed by atoms with van der Waals surface area (Å²) in [6.45, 7) is 1.98. The zero-order valence-electron chi connectivity index (χ0n) is 7.40.